The van der Waals surface area contributed by atoms with Crippen molar-refractivity contribution in [3.05, 3.63) is 59.3 Å². The summed E-state index contributed by atoms with van der Waals surface area (Å²) >= 11 is 3.35. The van der Waals surface area contributed by atoms with E-state index >= 15 is 0 Å². The van der Waals surface area contributed by atoms with Crippen molar-refractivity contribution in [3.63, 3.8) is 0 Å². The third-order valence-electron chi connectivity index (χ3n) is 3.10. The first kappa shape index (κ1) is 13.6. The zero-order valence-corrected chi connectivity index (χ0v) is 14.1. The summed E-state index contributed by atoms with van der Waals surface area (Å²) < 4.78 is 8.48. The van der Waals surface area contributed by atoms with E-state index in [1.807, 2.05) is 42.6 Å². The van der Waals surface area contributed by atoms with Gasteiger partial charge >= 0.3 is 0 Å². The van der Waals surface area contributed by atoms with E-state index < -0.39 is 0 Å². The van der Waals surface area contributed by atoms with Gasteiger partial charge in [0.25, 0.3) is 0 Å². The quantitative estimate of drug-likeness (QED) is 0.362. The molecule has 20 heavy (non-hydrogen) atoms. The monoisotopic (exact) mass is 504 g/mol. The Hall–Kier alpha value is -1.42. The van der Waals surface area contributed by atoms with Gasteiger partial charge in [0.15, 0.2) is 0 Å². The molecule has 0 aliphatic carbocycles. The van der Waals surface area contributed by atoms with Gasteiger partial charge in [0, 0.05) is 37.3 Å². The fourth-order valence-electron chi connectivity index (χ4n) is 2.27. The number of hydrogen-bond donors (Lipinski definition) is 0. The van der Waals surface area contributed by atoms with Gasteiger partial charge in [-0.25, -0.2) is 0 Å². The van der Waals surface area contributed by atoms with Crippen molar-refractivity contribution in [2.24, 2.45) is 0 Å². The fraction of sp³-hybridized carbons (Fsp3) is 0. The molecule has 0 aliphatic rings. The Labute approximate surface area is 137 Å². The number of nitrogens with zero attached hydrogens (tertiary/aromatic N) is 2. The zero-order valence-electron chi connectivity index (χ0n) is 10.1. The van der Waals surface area contributed by atoms with Gasteiger partial charge in [-0.05, 0) is 33.8 Å². The molecular formula is C15H8BrIrN2O-. The molecule has 2 aromatic heterocycles. The number of aromatic nitrogens is 2. The molecule has 0 fully saturated rings. The molecule has 4 rings (SSSR count). The summed E-state index contributed by atoms with van der Waals surface area (Å²) in [5.41, 5.74) is 2.50. The molecule has 0 amide bonds. The van der Waals surface area contributed by atoms with Gasteiger partial charge in [0.2, 0.25) is 0 Å². The van der Waals surface area contributed by atoms with Gasteiger partial charge in [0.05, 0.1) is 0 Å². The van der Waals surface area contributed by atoms with E-state index in [1.54, 1.807) is 4.68 Å². The first-order chi connectivity index (χ1) is 9.33. The van der Waals surface area contributed by atoms with Crippen molar-refractivity contribution >= 4 is 37.9 Å². The SMILES string of the molecule is Brc1ccn(-c2[c-]ccc3c2oc2ccccc23)n1.[Ir]. The van der Waals surface area contributed by atoms with E-state index in [-0.39, 0.29) is 20.1 Å². The van der Waals surface area contributed by atoms with Crippen molar-refractivity contribution in [1.82, 2.24) is 9.78 Å². The molecule has 0 spiro atoms. The summed E-state index contributed by atoms with van der Waals surface area (Å²) in [6.07, 6.45) is 1.88. The number of rotatable bonds is 1. The smallest absolute Gasteiger partial charge is 0.128 e. The third kappa shape index (κ3) is 2.02. The number of hydrogen-bond acceptors (Lipinski definition) is 2. The summed E-state index contributed by atoms with van der Waals surface area (Å²) in [5, 5.41) is 6.53. The predicted molar refractivity (Wildman–Crippen MR) is 77.4 cm³/mol. The second kappa shape index (κ2) is 5.17. The van der Waals surface area contributed by atoms with Crippen LogP contribution >= 0.6 is 15.9 Å². The van der Waals surface area contributed by atoms with Crippen molar-refractivity contribution in [3.8, 4) is 5.69 Å². The second-order valence-electron chi connectivity index (χ2n) is 4.25. The molecule has 0 atom stereocenters. The van der Waals surface area contributed by atoms with Crippen LogP contribution in [-0.4, -0.2) is 9.78 Å². The van der Waals surface area contributed by atoms with Crippen LogP contribution in [0.4, 0.5) is 0 Å². The van der Waals surface area contributed by atoms with Crippen molar-refractivity contribution < 1.29 is 24.5 Å². The van der Waals surface area contributed by atoms with E-state index in [4.69, 9.17) is 4.42 Å². The Balaban J connectivity index is 0.00000121. The first-order valence-electron chi connectivity index (χ1n) is 5.86. The predicted octanol–water partition coefficient (Wildman–Crippen LogP) is 4.33. The largest absolute Gasteiger partial charge is 0.513 e. The molecule has 4 aromatic rings. The maximum atomic E-state index is 5.94. The summed E-state index contributed by atoms with van der Waals surface area (Å²) in [5.74, 6) is 0. The molecule has 3 nitrogen and oxygen atoms in total. The topological polar surface area (TPSA) is 31.0 Å². The molecule has 0 unspecified atom stereocenters. The maximum Gasteiger partial charge on any atom is 0.128 e. The van der Waals surface area contributed by atoms with Crippen LogP contribution in [-0.2, 0) is 20.1 Å². The van der Waals surface area contributed by atoms with Crippen LogP contribution in [0.2, 0.25) is 0 Å². The van der Waals surface area contributed by atoms with Crippen LogP contribution in [0, 0.1) is 6.07 Å². The average molecular weight is 504 g/mol. The number of fused-ring (bicyclic) bond motifs is 3. The normalized spacial score (nSPS) is 10.8. The molecule has 0 aliphatic heterocycles. The molecule has 0 N–H and O–H groups in total. The molecule has 1 radical (unpaired) electrons. The minimum Gasteiger partial charge on any atom is -0.513 e. The fourth-order valence-corrected chi connectivity index (χ4v) is 2.56. The van der Waals surface area contributed by atoms with Gasteiger partial charge < -0.3 is 4.42 Å². The number of benzene rings is 2. The van der Waals surface area contributed by atoms with Crippen molar-refractivity contribution in [1.29, 1.82) is 0 Å². The average Bonchev–Trinajstić information content (AvgIpc) is 3.02. The van der Waals surface area contributed by atoms with Gasteiger partial charge in [-0.1, -0.05) is 23.6 Å². The molecule has 2 heterocycles. The molecular weight excluding hydrogens is 496 g/mol. The van der Waals surface area contributed by atoms with E-state index in [1.165, 1.54) is 0 Å². The van der Waals surface area contributed by atoms with E-state index in [0.717, 1.165) is 32.2 Å². The Bertz CT molecular complexity index is 897. The van der Waals surface area contributed by atoms with E-state index in [0.29, 0.717) is 0 Å². The molecule has 101 valence electrons. The van der Waals surface area contributed by atoms with Crippen molar-refractivity contribution in [2.45, 2.75) is 0 Å². The number of para-hydroxylation sites is 1. The van der Waals surface area contributed by atoms with E-state index in [2.05, 4.69) is 33.2 Å². The summed E-state index contributed by atoms with van der Waals surface area (Å²) in [6.45, 7) is 0. The standard InChI is InChI=1S/C15H8BrN2O.Ir/c16-14-8-9-18(17-14)12-6-3-5-11-10-4-1-2-7-13(10)19-15(11)12;/h1-5,7-9H;/q-1;. The molecule has 0 saturated heterocycles. The zero-order chi connectivity index (χ0) is 12.8. The Morgan fingerprint density at radius 2 is 1.95 bits per heavy atom. The van der Waals surface area contributed by atoms with Crippen LogP contribution in [0.1, 0.15) is 0 Å². The summed E-state index contributed by atoms with van der Waals surface area (Å²) in [7, 11) is 0. The third-order valence-corrected chi connectivity index (χ3v) is 3.53. The molecule has 0 saturated carbocycles. The van der Waals surface area contributed by atoms with E-state index in [9.17, 15) is 0 Å². The first-order valence-corrected chi connectivity index (χ1v) is 6.66. The van der Waals surface area contributed by atoms with Crippen LogP contribution in [0.25, 0.3) is 27.6 Å². The molecule has 0 bridgehead atoms. The van der Waals surface area contributed by atoms with Gasteiger partial charge in [0.1, 0.15) is 10.2 Å². The van der Waals surface area contributed by atoms with Crippen LogP contribution in [0.3, 0.4) is 0 Å². The van der Waals surface area contributed by atoms with Gasteiger partial charge in [-0.3, -0.25) is 4.68 Å². The molecule has 5 heteroatoms. The van der Waals surface area contributed by atoms with Gasteiger partial charge in [-0.2, -0.15) is 23.3 Å². The minimum atomic E-state index is 0. The van der Waals surface area contributed by atoms with Gasteiger partial charge in [-0.15, -0.1) is 0 Å². The minimum absolute atomic E-state index is 0. The second-order valence-corrected chi connectivity index (χ2v) is 5.06. The maximum absolute atomic E-state index is 5.94. The molecule has 2 aromatic carbocycles. The van der Waals surface area contributed by atoms with Crippen molar-refractivity contribution in [2.75, 3.05) is 0 Å². The summed E-state index contributed by atoms with van der Waals surface area (Å²) in [6, 6.07) is 17.0. The Kier molecular flexibility index (Phi) is 3.50. The summed E-state index contributed by atoms with van der Waals surface area (Å²) in [4.78, 5) is 0. The Morgan fingerprint density at radius 3 is 2.75 bits per heavy atom. The number of halogens is 1. The van der Waals surface area contributed by atoms with Crippen LogP contribution in [0.5, 0.6) is 0 Å². The van der Waals surface area contributed by atoms with Crippen LogP contribution < -0.4 is 0 Å². The Morgan fingerprint density at radius 1 is 1.10 bits per heavy atom. The number of furan rings is 1. The van der Waals surface area contributed by atoms with Crippen LogP contribution in [0.15, 0.2) is 57.7 Å².